The minimum Gasteiger partial charge on any atom is -0.382 e. The summed E-state index contributed by atoms with van der Waals surface area (Å²) < 4.78 is 0. The van der Waals surface area contributed by atoms with Crippen LogP contribution in [0, 0.1) is 5.41 Å². The first-order valence-electron chi connectivity index (χ1n) is 6.04. The number of aromatic nitrogens is 1. The minimum atomic E-state index is 0.436. The Bertz CT molecular complexity index is 531. The van der Waals surface area contributed by atoms with Crippen LogP contribution >= 0.6 is 0 Å². The van der Waals surface area contributed by atoms with Crippen LogP contribution in [0.4, 0.5) is 11.5 Å². The van der Waals surface area contributed by atoms with Crippen LogP contribution in [0.3, 0.4) is 0 Å². The quantitative estimate of drug-likeness (QED) is 0.664. The molecular weight excluding hydrogens is 228 g/mol. The molecule has 0 bridgehead atoms. The third-order valence-electron chi connectivity index (χ3n) is 3.24. The van der Waals surface area contributed by atoms with Gasteiger partial charge in [0.25, 0.3) is 0 Å². The maximum absolute atomic E-state index is 8.20. The van der Waals surface area contributed by atoms with Crippen molar-refractivity contribution in [3.05, 3.63) is 17.8 Å². The Kier molecular flexibility index (Phi) is 2.43. The van der Waals surface area contributed by atoms with Gasteiger partial charge in [-0.1, -0.05) is 0 Å². The third kappa shape index (κ3) is 1.79. The standard InChI is InChI=1S/C12H16N6/c1-18-6-9(17-16-7-2-3-7)10(13)8-4-5-15-12(14)11(8)18/h4-5,7,13,16H,2-3,6H2,1H3,(H2,14,15)/b13-10?,17-9-. The van der Waals surface area contributed by atoms with Gasteiger partial charge < -0.3 is 16.1 Å². The summed E-state index contributed by atoms with van der Waals surface area (Å²) in [7, 11) is 1.94. The smallest absolute Gasteiger partial charge is 0.147 e. The lowest BCUT2D eigenvalue weighted by Crippen LogP contribution is -2.39. The molecule has 6 heteroatoms. The molecule has 0 radical (unpaired) electrons. The van der Waals surface area contributed by atoms with Gasteiger partial charge in [0, 0.05) is 24.8 Å². The van der Waals surface area contributed by atoms with Crippen LogP contribution in [0.2, 0.25) is 0 Å². The Balaban J connectivity index is 1.95. The Labute approximate surface area is 105 Å². The molecule has 0 amide bonds. The maximum Gasteiger partial charge on any atom is 0.147 e. The molecule has 0 unspecified atom stereocenters. The van der Waals surface area contributed by atoms with Crippen molar-refractivity contribution in [2.24, 2.45) is 5.10 Å². The molecule has 1 saturated carbocycles. The number of nitrogens with two attached hydrogens (primary N) is 1. The van der Waals surface area contributed by atoms with Crippen LogP contribution in [0.25, 0.3) is 0 Å². The van der Waals surface area contributed by atoms with Gasteiger partial charge in [-0.3, -0.25) is 5.41 Å². The lowest BCUT2D eigenvalue weighted by molar-refractivity contribution is 0.736. The molecular formula is C12H16N6. The molecule has 94 valence electrons. The Hall–Kier alpha value is -2.11. The Morgan fingerprint density at radius 3 is 3.06 bits per heavy atom. The first-order valence-corrected chi connectivity index (χ1v) is 6.04. The molecule has 1 aliphatic carbocycles. The van der Waals surface area contributed by atoms with Crippen molar-refractivity contribution in [3.8, 4) is 0 Å². The lowest BCUT2D eigenvalue weighted by Gasteiger charge is -2.29. The summed E-state index contributed by atoms with van der Waals surface area (Å²) in [4.78, 5) is 6.06. The molecule has 1 aromatic rings. The SMILES string of the molecule is CN1C/C(=N/NC2CC2)C(=N)c2ccnc(N)c21. The fourth-order valence-corrected chi connectivity index (χ4v) is 2.08. The van der Waals surface area contributed by atoms with Gasteiger partial charge in [0.2, 0.25) is 0 Å². The average Bonchev–Trinajstić information content (AvgIpc) is 3.15. The highest BCUT2D eigenvalue weighted by molar-refractivity contribution is 6.50. The van der Waals surface area contributed by atoms with Gasteiger partial charge in [0.15, 0.2) is 0 Å². The van der Waals surface area contributed by atoms with Gasteiger partial charge in [-0.25, -0.2) is 4.98 Å². The van der Waals surface area contributed by atoms with E-state index < -0.39 is 0 Å². The zero-order valence-electron chi connectivity index (χ0n) is 10.3. The second kappa shape index (κ2) is 3.97. The van der Waals surface area contributed by atoms with Crippen molar-refractivity contribution in [2.75, 3.05) is 24.2 Å². The summed E-state index contributed by atoms with van der Waals surface area (Å²) in [6.45, 7) is 0.585. The zero-order valence-corrected chi connectivity index (χ0v) is 10.3. The van der Waals surface area contributed by atoms with Gasteiger partial charge in [-0.15, -0.1) is 0 Å². The first kappa shape index (κ1) is 11.0. The van der Waals surface area contributed by atoms with Crippen molar-refractivity contribution in [2.45, 2.75) is 18.9 Å². The van der Waals surface area contributed by atoms with Crippen molar-refractivity contribution in [1.82, 2.24) is 10.4 Å². The van der Waals surface area contributed by atoms with Gasteiger partial charge >= 0.3 is 0 Å². The molecule has 4 N–H and O–H groups in total. The average molecular weight is 244 g/mol. The number of anilines is 2. The molecule has 1 aromatic heterocycles. The van der Waals surface area contributed by atoms with Crippen molar-refractivity contribution in [3.63, 3.8) is 0 Å². The van der Waals surface area contributed by atoms with Crippen LogP contribution in [0.1, 0.15) is 18.4 Å². The monoisotopic (exact) mass is 244 g/mol. The second-order valence-corrected chi connectivity index (χ2v) is 4.79. The van der Waals surface area contributed by atoms with E-state index >= 15 is 0 Å². The number of fused-ring (bicyclic) bond motifs is 1. The fourth-order valence-electron chi connectivity index (χ4n) is 2.08. The number of nitrogens with one attached hydrogen (secondary N) is 2. The molecule has 0 saturated heterocycles. The highest BCUT2D eigenvalue weighted by Crippen LogP contribution is 2.29. The summed E-state index contributed by atoms with van der Waals surface area (Å²) in [6, 6.07) is 2.32. The van der Waals surface area contributed by atoms with Gasteiger partial charge in [0.05, 0.1) is 17.9 Å². The summed E-state index contributed by atoms with van der Waals surface area (Å²) in [5, 5.41) is 12.5. The van der Waals surface area contributed by atoms with E-state index in [9.17, 15) is 0 Å². The molecule has 0 atom stereocenters. The minimum absolute atomic E-state index is 0.436. The van der Waals surface area contributed by atoms with Gasteiger partial charge in [-0.2, -0.15) is 5.10 Å². The van der Waals surface area contributed by atoms with Gasteiger partial charge in [0.1, 0.15) is 11.5 Å². The van der Waals surface area contributed by atoms with Crippen LogP contribution < -0.4 is 16.1 Å². The highest BCUT2D eigenvalue weighted by Gasteiger charge is 2.27. The molecule has 3 rings (SSSR count). The predicted molar refractivity (Wildman–Crippen MR) is 72.3 cm³/mol. The maximum atomic E-state index is 8.20. The summed E-state index contributed by atoms with van der Waals surface area (Å²) in [5.41, 5.74) is 11.8. The second-order valence-electron chi connectivity index (χ2n) is 4.79. The molecule has 2 heterocycles. The highest BCUT2D eigenvalue weighted by atomic mass is 15.3. The van der Waals surface area contributed by atoms with E-state index in [0.29, 0.717) is 24.1 Å². The predicted octanol–water partition coefficient (Wildman–Crippen LogP) is 0.589. The molecule has 0 spiro atoms. The van der Waals surface area contributed by atoms with E-state index in [1.807, 2.05) is 18.0 Å². The number of rotatable bonds is 2. The topological polar surface area (TPSA) is 90.4 Å². The third-order valence-corrected chi connectivity index (χ3v) is 3.24. The number of pyridine rings is 1. The van der Waals surface area contributed by atoms with E-state index in [-0.39, 0.29) is 0 Å². The molecule has 6 nitrogen and oxygen atoms in total. The van der Waals surface area contributed by atoms with Crippen molar-refractivity contribution >= 4 is 22.9 Å². The molecule has 1 aliphatic heterocycles. The van der Waals surface area contributed by atoms with E-state index in [2.05, 4.69) is 15.5 Å². The summed E-state index contributed by atoms with van der Waals surface area (Å²) in [6.07, 6.45) is 3.98. The van der Waals surface area contributed by atoms with Crippen LogP contribution in [0.15, 0.2) is 17.4 Å². The van der Waals surface area contributed by atoms with E-state index in [0.717, 1.165) is 17.0 Å². The number of nitrogen functional groups attached to an aromatic ring is 1. The number of nitrogens with zero attached hydrogens (tertiary/aromatic N) is 3. The number of hydrogen-bond acceptors (Lipinski definition) is 6. The Morgan fingerprint density at radius 2 is 2.33 bits per heavy atom. The Morgan fingerprint density at radius 1 is 1.56 bits per heavy atom. The zero-order chi connectivity index (χ0) is 12.7. The largest absolute Gasteiger partial charge is 0.382 e. The van der Waals surface area contributed by atoms with Gasteiger partial charge in [-0.05, 0) is 18.9 Å². The van der Waals surface area contributed by atoms with Crippen molar-refractivity contribution < 1.29 is 0 Å². The number of hydrogen-bond donors (Lipinski definition) is 3. The fraction of sp³-hybridized carbons (Fsp3) is 0.417. The normalized spacial score (nSPS) is 21.1. The van der Waals surface area contributed by atoms with Crippen molar-refractivity contribution in [1.29, 1.82) is 5.41 Å². The van der Waals surface area contributed by atoms with Crippen LogP contribution in [-0.4, -0.2) is 36.0 Å². The van der Waals surface area contributed by atoms with E-state index in [4.69, 9.17) is 11.1 Å². The molecule has 18 heavy (non-hydrogen) atoms. The van der Waals surface area contributed by atoms with E-state index in [1.165, 1.54) is 12.8 Å². The number of hydrazone groups is 1. The first-order chi connectivity index (χ1) is 8.66. The summed E-state index contributed by atoms with van der Waals surface area (Å²) in [5.74, 6) is 0.467. The molecule has 2 aliphatic rings. The van der Waals surface area contributed by atoms with Crippen LogP contribution in [0.5, 0.6) is 0 Å². The van der Waals surface area contributed by atoms with Crippen LogP contribution in [-0.2, 0) is 0 Å². The summed E-state index contributed by atoms with van der Waals surface area (Å²) >= 11 is 0. The molecule has 0 aromatic carbocycles. The van der Waals surface area contributed by atoms with E-state index in [1.54, 1.807) is 6.20 Å². The molecule has 1 fully saturated rings. The lowest BCUT2D eigenvalue weighted by atomic mass is 9.99.